The summed E-state index contributed by atoms with van der Waals surface area (Å²) < 4.78 is 4.77. The summed E-state index contributed by atoms with van der Waals surface area (Å²) in [5.41, 5.74) is 2.15. The Balaban J connectivity index is 1.62. The topological polar surface area (TPSA) is 91.5 Å². The van der Waals surface area contributed by atoms with Crippen LogP contribution in [0.5, 0.6) is 0 Å². The van der Waals surface area contributed by atoms with Gasteiger partial charge < -0.3 is 15.0 Å². The minimum Gasteiger partial charge on any atom is -0.439 e. The van der Waals surface area contributed by atoms with Crippen LogP contribution in [0.3, 0.4) is 0 Å². The molecule has 136 valence electrons. The molecule has 3 aromatic rings. The number of nitrogens with one attached hydrogen (secondary N) is 2. The number of cyclic esters (lactones) is 1. The highest BCUT2D eigenvalue weighted by Crippen LogP contribution is 2.21. The molecule has 1 aliphatic heterocycles. The molecule has 4 rings (SSSR count). The van der Waals surface area contributed by atoms with Crippen molar-refractivity contribution < 1.29 is 19.1 Å². The Hall–Kier alpha value is -3.61. The van der Waals surface area contributed by atoms with E-state index in [-0.39, 0.29) is 19.1 Å². The second kappa shape index (κ2) is 6.95. The van der Waals surface area contributed by atoms with Crippen LogP contribution in [0.4, 0.5) is 4.79 Å². The van der Waals surface area contributed by atoms with Gasteiger partial charge in [-0.05, 0) is 11.6 Å². The van der Waals surface area contributed by atoms with Crippen LogP contribution >= 0.6 is 0 Å². The number of hydrogen-bond donors (Lipinski definition) is 2. The number of carbonyl (C=O) groups excluding carboxylic acids is 3. The zero-order valence-electron chi connectivity index (χ0n) is 14.3. The maximum absolute atomic E-state index is 12.9. The van der Waals surface area contributed by atoms with Crippen LogP contribution in [0.25, 0.3) is 10.9 Å². The lowest BCUT2D eigenvalue weighted by Crippen LogP contribution is -2.40. The van der Waals surface area contributed by atoms with Crippen molar-refractivity contribution in [3.63, 3.8) is 0 Å². The molecule has 3 amide bonds. The van der Waals surface area contributed by atoms with Crippen LogP contribution in [0.15, 0.2) is 60.8 Å². The third-order valence-electron chi connectivity index (χ3n) is 4.55. The second-order valence-corrected chi connectivity index (χ2v) is 6.24. The Morgan fingerprint density at radius 3 is 2.59 bits per heavy atom. The molecule has 27 heavy (non-hydrogen) atoms. The number of nitrogens with zero attached hydrogens (tertiary/aromatic N) is 1. The number of hydrogen-bond acceptors (Lipinski definition) is 4. The number of aromatic amines is 1. The monoisotopic (exact) mass is 363 g/mol. The first kappa shape index (κ1) is 16.8. The van der Waals surface area contributed by atoms with Gasteiger partial charge in [0, 0.05) is 17.1 Å². The average molecular weight is 363 g/mol. The summed E-state index contributed by atoms with van der Waals surface area (Å²) in [6.07, 6.45) is 0.958. The van der Waals surface area contributed by atoms with E-state index in [1.54, 1.807) is 6.20 Å². The van der Waals surface area contributed by atoms with E-state index >= 15 is 0 Å². The summed E-state index contributed by atoms with van der Waals surface area (Å²) in [4.78, 5) is 40.7. The molecule has 7 heteroatoms. The van der Waals surface area contributed by atoms with E-state index in [2.05, 4.69) is 10.3 Å². The van der Waals surface area contributed by atoms with Crippen LogP contribution in [0, 0.1) is 0 Å². The molecule has 1 aliphatic rings. The largest absolute Gasteiger partial charge is 0.439 e. The third kappa shape index (κ3) is 3.27. The van der Waals surface area contributed by atoms with Gasteiger partial charge in [0.15, 0.2) is 6.61 Å². The molecule has 0 aliphatic carbocycles. The zero-order valence-corrected chi connectivity index (χ0v) is 14.3. The summed E-state index contributed by atoms with van der Waals surface area (Å²) in [7, 11) is 0. The third-order valence-corrected chi connectivity index (χ3v) is 4.55. The second-order valence-electron chi connectivity index (χ2n) is 6.24. The molecule has 0 bridgehead atoms. The highest BCUT2D eigenvalue weighted by atomic mass is 16.6. The zero-order chi connectivity index (χ0) is 18.8. The Labute approximate surface area is 154 Å². The van der Waals surface area contributed by atoms with Crippen LogP contribution in [-0.4, -0.2) is 40.9 Å². The number of benzene rings is 2. The molecule has 7 nitrogen and oxygen atoms in total. The van der Waals surface area contributed by atoms with Crippen molar-refractivity contribution >= 4 is 28.8 Å². The fraction of sp³-hybridized carbons (Fsp3) is 0.150. The van der Waals surface area contributed by atoms with Crippen molar-refractivity contribution in [2.24, 2.45) is 0 Å². The fourth-order valence-corrected chi connectivity index (χ4v) is 3.16. The lowest BCUT2D eigenvalue weighted by Gasteiger charge is -2.22. The van der Waals surface area contributed by atoms with Gasteiger partial charge in [0.25, 0.3) is 11.8 Å². The van der Waals surface area contributed by atoms with Gasteiger partial charge in [-0.2, -0.15) is 0 Å². The lowest BCUT2D eigenvalue weighted by atomic mass is 10.1. The number of amides is 3. The summed E-state index contributed by atoms with van der Waals surface area (Å²) in [5.74, 6) is -0.705. The number of imide groups is 1. The van der Waals surface area contributed by atoms with Crippen molar-refractivity contribution in [3.05, 3.63) is 71.9 Å². The lowest BCUT2D eigenvalue weighted by molar-refractivity contribution is -0.126. The van der Waals surface area contributed by atoms with E-state index < -0.39 is 18.0 Å². The Bertz CT molecular complexity index is 996. The van der Waals surface area contributed by atoms with Gasteiger partial charge in [-0.1, -0.05) is 48.5 Å². The molecule has 1 fully saturated rings. The molecule has 2 heterocycles. The maximum atomic E-state index is 12.9. The number of H-pyrrole nitrogens is 1. The predicted octanol–water partition coefficient (Wildman–Crippen LogP) is 2.62. The summed E-state index contributed by atoms with van der Waals surface area (Å²) in [6, 6.07) is 16.2. The minimum absolute atomic E-state index is 0.00970. The van der Waals surface area contributed by atoms with Crippen LogP contribution < -0.4 is 5.32 Å². The van der Waals surface area contributed by atoms with Gasteiger partial charge in [-0.3, -0.25) is 9.59 Å². The van der Waals surface area contributed by atoms with Gasteiger partial charge in [0.1, 0.15) is 0 Å². The number of aromatic nitrogens is 1. The fourth-order valence-electron chi connectivity index (χ4n) is 3.16. The quantitative estimate of drug-likeness (QED) is 0.729. The van der Waals surface area contributed by atoms with Crippen LogP contribution in [0.2, 0.25) is 0 Å². The van der Waals surface area contributed by atoms with Crippen molar-refractivity contribution in [2.75, 3.05) is 13.2 Å². The van der Waals surface area contributed by atoms with Gasteiger partial charge in [-0.15, -0.1) is 0 Å². The number of carbonyl (C=O) groups is 3. The summed E-state index contributed by atoms with van der Waals surface area (Å²) in [5, 5.41) is 3.74. The number of rotatable bonds is 5. The highest BCUT2D eigenvalue weighted by Gasteiger charge is 2.34. The molecule has 1 atom stereocenters. The first-order valence-electron chi connectivity index (χ1n) is 8.52. The van der Waals surface area contributed by atoms with Gasteiger partial charge in [0.05, 0.1) is 18.2 Å². The first-order chi connectivity index (χ1) is 13.1. The summed E-state index contributed by atoms with van der Waals surface area (Å²) >= 11 is 0. The van der Waals surface area contributed by atoms with Gasteiger partial charge >= 0.3 is 6.09 Å². The molecule has 1 saturated heterocycles. The molecule has 0 saturated carbocycles. The van der Waals surface area contributed by atoms with Crippen molar-refractivity contribution in [3.8, 4) is 0 Å². The minimum atomic E-state index is -0.692. The van der Waals surface area contributed by atoms with E-state index in [4.69, 9.17) is 4.74 Å². The number of para-hydroxylation sites is 1. The SMILES string of the molecule is O=C(NC(CN1C(=O)COC1=O)c1ccccc1)c1c[nH]c2ccccc12. The van der Waals surface area contributed by atoms with E-state index in [9.17, 15) is 14.4 Å². The smallest absolute Gasteiger partial charge is 0.417 e. The predicted molar refractivity (Wildman–Crippen MR) is 98.0 cm³/mol. The Kier molecular flexibility index (Phi) is 4.33. The van der Waals surface area contributed by atoms with Crippen LogP contribution in [0.1, 0.15) is 22.0 Å². The van der Waals surface area contributed by atoms with Crippen molar-refractivity contribution in [1.29, 1.82) is 0 Å². The average Bonchev–Trinajstić information content (AvgIpc) is 3.26. The Morgan fingerprint density at radius 2 is 1.85 bits per heavy atom. The molecule has 0 spiro atoms. The van der Waals surface area contributed by atoms with E-state index in [0.717, 1.165) is 21.4 Å². The molecular formula is C20H17N3O4. The first-order valence-corrected chi connectivity index (χ1v) is 8.52. The molecule has 0 radical (unpaired) electrons. The van der Waals surface area contributed by atoms with Crippen LogP contribution in [-0.2, 0) is 9.53 Å². The molecular weight excluding hydrogens is 346 g/mol. The maximum Gasteiger partial charge on any atom is 0.417 e. The van der Waals surface area contributed by atoms with E-state index in [1.807, 2.05) is 54.6 Å². The molecule has 2 N–H and O–H groups in total. The van der Waals surface area contributed by atoms with Crippen molar-refractivity contribution in [2.45, 2.75) is 6.04 Å². The number of ether oxygens (including phenoxy) is 1. The van der Waals surface area contributed by atoms with E-state index in [0.29, 0.717) is 5.56 Å². The van der Waals surface area contributed by atoms with Gasteiger partial charge in [0.2, 0.25) is 0 Å². The molecule has 1 unspecified atom stereocenters. The Morgan fingerprint density at radius 1 is 1.11 bits per heavy atom. The number of fused-ring (bicyclic) bond motifs is 1. The standard InChI is InChI=1S/C20H17N3O4/c24-18-12-27-20(26)23(18)11-17(13-6-2-1-3-7-13)22-19(25)15-10-21-16-9-5-4-8-14(15)16/h1-10,17,21H,11-12H2,(H,22,25). The molecule has 1 aromatic heterocycles. The molecule has 2 aromatic carbocycles. The highest BCUT2D eigenvalue weighted by molar-refractivity contribution is 6.07. The summed E-state index contributed by atoms with van der Waals surface area (Å²) in [6.45, 7) is -0.257. The van der Waals surface area contributed by atoms with E-state index in [1.165, 1.54) is 0 Å². The van der Waals surface area contributed by atoms with Crippen molar-refractivity contribution in [1.82, 2.24) is 15.2 Å². The van der Waals surface area contributed by atoms with Gasteiger partial charge in [-0.25, -0.2) is 9.69 Å². The normalized spacial score (nSPS) is 15.0.